The Morgan fingerprint density at radius 2 is 0.596 bits per heavy atom. The molecule has 0 rings (SSSR count). The van der Waals surface area contributed by atoms with Gasteiger partial charge in [-0.3, -0.25) is 32.5 Å². The summed E-state index contributed by atoms with van der Waals surface area (Å²) in [5.41, 5.74) is 0. The Morgan fingerprint density at radius 1 is 0.326 bits per heavy atom. The molecule has 0 saturated carbocycles. The van der Waals surface area contributed by atoms with E-state index in [2.05, 4.69) is 130 Å². The van der Waals surface area contributed by atoms with Gasteiger partial charge in [-0.1, -0.05) is 252 Å². The summed E-state index contributed by atoms with van der Waals surface area (Å²) in [6, 6.07) is 0. The van der Waals surface area contributed by atoms with E-state index in [4.69, 9.17) is 32.3 Å². The summed E-state index contributed by atoms with van der Waals surface area (Å²) >= 11 is 0. The van der Waals surface area contributed by atoms with E-state index in [1.54, 1.807) is 0 Å². The third-order valence-electron chi connectivity index (χ3n) is 14.0. The molecule has 0 saturated heterocycles. The number of rotatable bonds is 64. The molecule has 0 bridgehead atoms. The fourth-order valence-corrected chi connectivity index (χ4v) is 10.4. The highest BCUT2D eigenvalue weighted by Gasteiger charge is 2.29. The quantitative estimate of drug-likeness (QED) is 0.0146. The Balaban J connectivity index is 4.69. The van der Waals surface area contributed by atoms with Gasteiger partial charge in [0.1, 0.15) is 25.4 Å². The lowest BCUT2D eigenvalue weighted by Gasteiger charge is -2.21. The zero-order chi connectivity index (χ0) is 65.3. The average molecular weight is 1290 g/mol. The minimum atomic E-state index is -4.93. The SMILES string of the molecule is CC/C=C\C/C=C\C/C=C\C/C=C\C/C=C\C/C=C\CCCCC(=O)OCC(O)COP(=O)(O)OCC(O)COP(=O)(O)OCC(COC(=O)CCCCCCCCC/C=C\C/C=C\C/C=C\CC)OC(=O)CCCCCCCCCCCCCCCCC. The van der Waals surface area contributed by atoms with Crippen molar-refractivity contribution < 1.29 is 75.8 Å². The van der Waals surface area contributed by atoms with E-state index in [1.165, 1.54) is 64.2 Å². The molecule has 18 heteroatoms. The lowest BCUT2D eigenvalue weighted by molar-refractivity contribution is -0.161. The van der Waals surface area contributed by atoms with E-state index < -0.39 is 91.5 Å². The van der Waals surface area contributed by atoms with Crippen molar-refractivity contribution in [2.24, 2.45) is 0 Å². The largest absolute Gasteiger partial charge is 0.472 e. The lowest BCUT2D eigenvalue weighted by Crippen LogP contribution is -2.30. The monoisotopic (exact) mass is 1290 g/mol. The van der Waals surface area contributed by atoms with Crippen LogP contribution in [0.3, 0.4) is 0 Å². The van der Waals surface area contributed by atoms with Crippen LogP contribution in [0.1, 0.15) is 265 Å². The average Bonchev–Trinajstić information content (AvgIpc) is 3.63. The topological polar surface area (TPSA) is 231 Å². The summed E-state index contributed by atoms with van der Waals surface area (Å²) in [6.45, 7) is 2.39. The van der Waals surface area contributed by atoms with Crippen molar-refractivity contribution in [1.82, 2.24) is 0 Å². The second-order valence-corrected chi connectivity index (χ2v) is 25.5. The van der Waals surface area contributed by atoms with E-state index in [0.29, 0.717) is 19.3 Å². The number of allylic oxidation sites excluding steroid dienone is 18. The van der Waals surface area contributed by atoms with Crippen LogP contribution in [0.4, 0.5) is 0 Å². The van der Waals surface area contributed by atoms with E-state index in [9.17, 15) is 43.5 Å². The summed E-state index contributed by atoms with van der Waals surface area (Å²) in [4.78, 5) is 58.4. The summed E-state index contributed by atoms with van der Waals surface area (Å²) in [6.07, 6.45) is 71.4. The molecule has 0 aromatic rings. The Morgan fingerprint density at radius 3 is 0.966 bits per heavy atom. The van der Waals surface area contributed by atoms with Crippen molar-refractivity contribution in [3.8, 4) is 0 Å². The molecule has 0 heterocycles. The fraction of sp³-hybridized carbons (Fsp3) is 0.704. The van der Waals surface area contributed by atoms with Gasteiger partial charge in [-0.15, -0.1) is 0 Å². The molecular formula is C71H122O16P2. The van der Waals surface area contributed by atoms with E-state index in [0.717, 1.165) is 141 Å². The molecule has 0 aromatic carbocycles. The number of esters is 3. The molecule has 0 aliphatic carbocycles. The van der Waals surface area contributed by atoms with Gasteiger partial charge in [0.15, 0.2) is 6.10 Å². The number of unbranched alkanes of at least 4 members (excludes halogenated alkanes) is 23. The van der Waals surface area contributed by atoms with Crippen LogP contribution in [0.5, 0.6) is 0 Å². The number of phosphoric acid groups is 2. The van der Waals surface area contributed by atoms with Crippen molar-refractivity contribution in [3.63, 3.8) is 0 Å². The van der Waals surface area contributed by atoms with Gasteiger partial charge in [-0.25, -0.2) is 9.13 Å². The molecule has 0 aliphatic rings. The predicted octanol–water partition coefficient (Wildman–Crippen LogP) is 18.9. The molecule has 4 N–H and O–H groups in total. The van der Waals surface area contributed by atoms with E-state index in [-0.39, 0.29) is 19.3 Å². The van der Waals surface area contributed by atoms with Crippen LogP contribution in [0.15, 0.2) is 109 Å². The third-order valence-corrected chi connectivity index (χ3v) is 15.9. The zero-order valence-electron chi connectivity index (χ0n) is 55.3. The summed E-state index contributed by atoms with van der Waals surface area (Å²) in [5, 5.41) is 20.5. The zero-order valence-corrected chi connectivity index (χ0v) is 57.1. The van der Waals surface area contributed by atoms with Crippen molar-refractivity contribution in [3.05, 3.63) is 109 Å². The van der Waals surface area contributed by atoms with Crippen LogP contribution in [-0.4, -0.2) is 95.9 Å². The van der Waals surface area contributed by atoms with Gasteiger partial charge in [-0.05, 0) is 103 Å². The summed E-state index contributed by atoms with van der Waals surface area (Å²) in [7, 11) is -9.79. The van der Waals surface area contributed by atoms with Gasteiger partial charge in [0.25, 0.3) is 0 Å². The Labute approximate surface area is 539 Å². The Kier molecular flexibility index (Phi) is 61.6. The molecule has 89 heavy (non-hydrogen) atoms. The third kappa shape index (κ3) is 65.5. The standard InChI is InChI=1S/C71H122O16P2/c1-4-7-10-13-16-19-22-25-28-30-31-32-33-35-38-39-42-45-48-51-54-57-69(74)81-60-66(72)61-83-88(77,78)84-62-67(73)63-85-89(79,80)86-65-68(87-71(76)59-56-53-50-47-44-41-36-27-24-21-18-15-12-9-6-3)64-82-70(75)58-55-52-49-46-43-40-37-34-29-26-23-20-17-14-11-8-5-2/h7-8,10-11,16-17,19-20,25-26,28-29,31-32,35,38,42,45,66-68,72-73H,4-6,9,12-15,18,21-24,27,30,33-34,36-37,39-41,43-44,46-65H2,1-3H3,(H,77,78)(H,79,80)/b10-7-,11-8-,19-16-,20-17-,28-25-,29-26-,32-31-,38-35-,45-42-. The lowest BCUT2D eigenvalue weighted by atomic mass is 10.0. The summed E-state index contributed by atoms with van der Waals surface area (Å²) in [5.74, 6) is -1.62. The van der Waals surface area contributed by atoms with Crippen LogP contribution < -0.4 is 0 Å². The maximum Gasteiger partial charge on any atom is 0.472 e. The van der Waals surface area contributed by atoms with Crippen LogP contribution in [0.25, 0.3) is 0 Å². The molecule has 0 radical (unpaired) electrons. The van der Waals surface area contributed by atoms with Crippen molar-refractivity contribution in [2.45, 2.75) is 283 Å². The predicted molar refractivity (Wildman–Crippen MR) is 362 cm³/mol. The number of carbonyl (C=O) groups is 3. The normalized spacial score (nSPS) is 14.9. The molecule has 0 spiro atoms. The van der Waals surface area contributed by atoms with Crippen molar-refractivity contribution in [2.75, 3.05) is 39.6 Å². The van der Waals surface area contributed by atoms with Crippen LogP contribution >= 0.6 is 15.6 Å². The van der Waals surface area contributed by atoms with Gasteiger partial charge in [-0.2, -0.15) is 0 Å². The number of hydrogen-bond donors (Lipinski definition) is 4. The molecule has 0 aromatic heterocycles. The molecule has 0 fully saturated rings. The maximum atomic E-state index is 12.9. The first-order valence-corrected chi connectivity index (χ1v) is 37.2. The van der Waals surface area contributed by atoms with Crippen molar-refractivity contribution in [1.29, 1.82) is 0 Å². The fourth-order valence-electron chi connectivity index (χ4n) is 8.82. The smallest absolute Gasteiger partial charge is 0.463 e. The Hall–Kier alpha value is -3.79. The highest BCUT2D eigenvalue weighted by molar-refractivity contribution is 7.47. The molecule has 5 unspecified atom stereocenters. The second-order valence-electron chi connectivity index (χ2n) is 22.6. The van der Waals surface area contributed by atoms with E-state index >= 15 is 0 Å². The van der Waals surface area contributed by atoms with Gasteiger partial charge < -0.3 is 34.2 Å². The molecular weight excluding hydrogens is 1170 g/mol. The minimum Gasteiger partial charge on any atom is -0.463 e. The number of aliphatic hydroxyl groups is 2. The van der Waals surface area contributed by atoms with Crippen LogP contribution in [-0.2, 0) is 55.8 Å². The van der Waals surface area contributed by atoms with Gasteiger partial charge >= 0.3 is 33.6 Å². The number of hydrogen-bond acceptors (Lipinski definition) is 14. The first-order chi connectivity index (χ1) is 43.2. The van der Waals surface area contributed by atoms with E-state index in [1.807, 2.05) is 0 Å². The molecule has 16 nitrogen and oxygen atoms in total. The number of carbonyl (C=O) groups excluding carboxylic acids is 3. The number of ether oxygens (including phenoxy) is 3. The highest BCUT2D eigenvalue weighted by atomic mass is 31.2. The maximum absolute atomic E-state index is 12.9. The number of phosphoric ester groups is 2. The second kappa shape index (κ2) is 64.3. The molecule has 5 atom stereocenters. The summed E-state index contributed by atoms with van der Waals surface area (Å²) < 4.78 is 60.9. The van der Waals surface area contributed by atoms with Crippen molar-refractivity contribution >= 4 is 33.6 Å². The minimum absolute atomic E-state index is 0.103. The molecule has 0 aliphatic heterocycles. The first-order valence-electron chi connectivity index (χ1n) is 34.2. The molecule has 0 amide bonds. The molecule has 512 valence electrons. The highest BCUT2D eigenvalue weighted by Crippen LogP contribution is 2.45. The van der Waals surface area contributed by atoms with Gasteiger partial charge in [0.05, 0.1) is 26.4 Å². The van der Waals surface area contributed by atoms with Crippen LogP contribution in [0, 0.1) is 0 Å². The Bertz CT molecular complexity index is 2060. The van der Waals surface area contributed by atoms with Gasteiger partial charge in [0.2, 0.25) is 0 Å². The number of aliphatic hydroxyl groups excluding tert-OH is 2. The van der Waals surface area contributed by atoms with Crippen LogP contribution in [0.2, 0.25) is 0 Å². The van der Waals surface area contributed by atoms with Gasteiger partial charge in [0, 0.05) is 19.3 Å². The first kappa shape index (κ1) is 85.2.